The van der Waals surface area contributed by atoms with Gasteiger partial charge in [-0.2, -0.15) is 0 Å². The van der Waals surface area contributed by atoms with Gasteiger partial charge in [0.15, 0.2) is 0 Å². The molecule has 0 saturated carbocycles. The molecule has 8 heteroatoms. The number of hydrogen-bond acceptors (Lipinski definition) is 4. The summed E-state index contributed by atoms with van der Waals surface area (Å²) in [6.07, 6.45) is 2.51. The lowest BCUT2D eigenvalue weighted by molar-refractivity contribution is 0.0694. The number of carboxylic acids is 1. The summed E-state index contributed by atoms with van der Waals surface area (Å²) in [7, 11) is 0. The van der Waals surface area contributed by atoms with Crippen LogP contribution >= 0.6 is 34.8 Å². The van der Waals surface area contributed by atoms with Gasteiger partial charge in [0.05, 0.1) is 28.0 Å². The molecule has 0 spiro atoms. The van der Waals surface area contributed by atoms with Crippen molar-refractivity contribution in [3.8, 4) is 0 Å². The minimum atomic E-state index is -1.10. The van der Waals surface area contributed by atoms with Gasteiger partial charge in [-0.1, -0.05) is 34.8 Å². The number of anilines is 1. The van der Waals surface area contributed by atoms with Crippen LogP contribution in [-0.2, 0) is 6.54 Å². The van der Waals surface area contributed by atoms with Crippen molar-refractivity contribution in [3.63, 3.8) is 0 Å². The Morgan fingerprint density at radius 2 is 1.90 bits per heavy atom. The van der Waals surface area contributed by atoms with Gasteiger partial charge in [0.1, 0.15) is 11.9 Å². The Bertz CT molecular complexity index is 641. The number of rotatable bonds is 4. The second kappa shape index (κ2) is 6.26. The van der Waals surface area contributed by atoms with Crippen molar-refractivity contribution in [2.75, 3.05) is 5.32 Å². The van der Waals surface area contributed by atoms with E-state index in [1.807, 2.05) is 0 Å². The van der Waals surface area contributed by atoms with Crippen LogP contribution in [0.2, 0.25) is 15.1 Å². The maximum absolute atomic E-state index is 11.0. The number of nitrogens with zero attached hydrogens (tertiary/aromatic N) is 2. The number of nitrogens with one attached hydrogen (secondary N) is 1. The van der Waals surface area contributed by atoms with Gasteiger partial charge < -0.3 is 10.4 Å². The number of benzene rings is 1. The lowest BCUT2D eigenvalue weighted by Gasteiger charge is -2.11. The van der Waals surface area contributed by atoms with E-state index in [1.165, 1.54) is 24.7 Å². The molecule has 0 aliphatic carbocycles. The third-order valence-electron chi connectivity index (χ3n) is 2.46. The van der Waals surface area contributed by atoms with Crippen LogP contribution in [0.4, 0.5) is 5.69 Å². The van der Waals surface area contributed by atoms with Crippen LogP contribution in [0.15, 0.2) is 24.7 Å². The first kappa shape index (κ1) is 14.8. The average Bonchev–Trinajstić information content (AvgIpc) is 2.37. The highest BCUT2D eigenvalue weighted by Gasteiger charge is 2.13. The molecule has 0 fully saturated rings. The van der Waals surface area contributed by atoms with Crippen LogP contribution < -0.4 is 5.32 Å². The Balaban J connectivity index is 2.24. The predicted octanol–water partition coefficient (Wildman–Crippen LogP) is 3.75. The van der Waals surface area contributed by atoms with Gasteiger partial charge in [-0.15, -0.1) is 0 Å². The molecule has 0 aliphatic rings. The minimum Gasteiger partial charge on any atom is -0.478 e. The molecule has 2 aromatic rings. The number of carboxylic acid groups (broad SMARTS) is 1. The molecular weight excluding hydrogens is 325 g/mol. The molecule has 2 rings (SSSR count). The molecule has 0 aliphatic heterocycles. The Morgan fingerprint density at radius 1 is 1.25 bits per heavy atom. The van der Waals surface area contributed by atoms with E-state index in [4.69, 9.17) is 39.9 Å². The molecule has 2 N–H and O–H groups in total. The van der Waals surface area contributed by atoms with E-state index in [0.717, 1.165) is 0 Å². The molecule has 0 saturated heterocycles. The van der Waals surface area contributed by atoms with Gasteiger partial charge in [0.2, 0.25) is 0 Å². The normalized spacial score (nSPS) is 10.3. The Labute approximate surface area is 129 Å². The minimum absolute atomic E-state index is 0.0150. The van der Waals surface area contributed by atoms with Crippen LogP contribution in [0, 0.1) is 0 Å². The molecule has 1 aromatic carbocycles. The van der Waals surface area contributed by atoms with Gasteiger partial charge in [0.25, 0.3) is 0 Å². The summed E-state index contributed by atoms with van der Waals surface area (Å²) >= 11 is 17.9. The summed E-state index contributed by atoms with van der Waals surface area (Å²) in [5, 5.41) is 13.1. The van der Waals surface area contributed by atoms with E-state index in [9.17, 15) is 4.79 Å². The van der Waals surface area contributed by atoms with Crippen molar-refractivity contribution in [2.45, 2.75) is 6.54 Å². The van der Waals surface area contributed by atoms with Crippen LogP contribution in [0.1, 0.15) is 16.1 Å². The molecular formula is C12H8Cl3N3O2. The van der Waals surface area contributed by atoms with E-state index in [2.05, 4.69) is 15.3 Å². The second-order valence-electron chi connectivity index (χ2n) is 3.79. The highest BCUT2D eigenvalue weighted by atomic mass is 35.5. The first-order chi connectivity index (χ1) is 9.49. The number of aromatic nitrogens is 2. The number of hydrogen-bond donors (Lipinski definition) is 2. The van der Waals surface area contributed by atoms with E-state index in [1.54, 1.807) is 0 Å². The Morgan fingerprint density at radius 3 is 2.50 bits per heavy atom. The van der Waals surface area contributed by atoms with Crippen LogP contribution in [-0.4, -0.2) is 21.0 Å². The topological polar surface area (TPSA) is 75.1 Å². The summed E-state index contributed by atoms with van der Waals surface area (Å²) in [6, 6.07) is 3.07. The molecule has 0 radical (unpaired) electrons. The van der Waals surface area contributed by atoms with Crippen molar-refractivity contribution in [2.24, 2.45) is 0 Å². The number of halogens is 3. The Hall–Kier alpha value is -1.56. The largest absolute Gasteiger partial charge is 0.478 e. The van der Waals surface area contributed by atoms with Crippen molar-refractivity contribution in [1.29, 1.82) is 0 Å². The summed E-state index contributed by atoms with van der Waals surface area (Å²) < 4.78 is 0. The lowest BCUT2D eigenvalue weighted by atomic mass is 10.2. The standard InChI is InChI=1S/C12H8Cl3N3O2/c13-6-1-8(14)11(9(15)2-6)17-4-10-7(12(19)20)3-16-5-18-10/h1-3,5,17H,4H2,(H,19,20). The molecule has 1 aromatic heterocycles. The van der Waals surface area contributed by atoms with Crippen molar-refractivity contribution in [3.05, 3.63) is 51.0 Å². The van der Waals surface area contributed by atoms with Gasteiger partial charge in [-0.05, 0) is 12.1 Å². The summed E-state index contributed by atoms with van der Waals surface area (Å²) in [4.78, 5) is 18.6. The highest BCUT2D eigenvalue weighted by molar-refractivity contribution is 6.41. The summed E-state index contributed by atoms with van der Waals surface area (Å²) in [6.45, 7) is 0.144. The molecule has 20 heavy (non-hydrogen) atoms. The van der Waals surface area contributed by atoms with E-state index < -0.39 is 5.97 Å². The van der Waals surface area contributed by atoms with E-state index in [0.29, 0.717) is 26.4 Å². The number of carbonyl (C=O) groups is 1. The highest BCUT2D eigenvalue weighted by Crippen LogP contribution is 2.33. The predicted molar refractivity (Wildman–Crippen MR) is 77.8 cm³/mol. The van der Waals surface area contributed by atoms with E-state index in [-0.39, 0.29) is 12.1 Å². The molecule has 0 bridgehead atoms. The molecule has 0 atom stereocenters. The van der Waals surface area contributed by atoms with Crippen LogP contribution in [0.3, 0.4) is 0 Å². The molecule has 5 nitrogen and oxygen atoms in total. The Kier molecular flexibility index (Phi) is 4.65. The summed E-state index contributed by atoms with van der Waals surface area (Å²) in [5.41, 5.74) is 0.809. The first-order valence-corrected chi connectivity index (χ1v) is 6.53. The molecule has 0 amide bonds. The van der Waals surface area contributed by atoms with Crippen LogP contribution in [0.5, 0.6) is 0 Å². The molecule has 1 heterocycles. The van der Waals surface area contributed by atoms with Gasteiger partial charge in [-0.3, -0.25) is 0 Å². The summed E-state index contributed by atoms with van der Waals surface area (Å²) in [5.74, 6) is -1.10. The maximum atomic E-state index is 11.0. The van der Waals surface area contributed by atoms with Crippen molar-refractivity contribution >= 4 is 46.5 Å². The fourth-order valence-corrected chi connectivity index (χ4v) is 2.51. The zero-order chi connectivity index (χ0) is 14.7. The van der Waals surface area contributed by atoms with Crippen molar-refractivity contribution < 1.29 is 9.90 Å². The third kappa shape index (κ3) is 3.30. The first-order valence-electron chi connectivity index (χ1n) is 5.39. The fraction of sp³-hybridized carbons (Fsp3) is 0.0833. The zero-order valence-corrected chi connectivity index (χ0v) is 12.2. The fourth-order valence-electron chi connectivity index (χ4n) is 1.56. The molecule has 104 valence electrons. The van der Waals surface area contributed by atoms with Gasteiger partial charge >= 0.3 is 5.97 Å². The van der Waals surface area contributed by atoms with Crippen LogP contribution in [0.25, 0.3) is 0 Å². The monoisotopic (exact) mass is 331 g/mol. The molecule has 0 unspecified atom stereocenters. The zero-order valence-electron chi connectivity index (χ0n) is 9.90. The second-order valence-corrected chi connectivity index (χ2v) is 5.04. The number of aromatic carboxylic acids is 1. The van der Waals surface area contributed by atoms with E-state index >= 15 is 0 Å². The average molecular weight is 333 g/mol. The SMILES string of the molecule is O=C(O)c1cncnc1CNc1c(Cl)cc(Cl)cc1Cl. The van der Waals surface area contributed by atoms with Crippen molar-refractivity contribution in [1.82, 2.24) is 9.97 Å². The maximum Gasteiger partial charge on any atom is 0.339 e. The smallest absolute Gasteiger partial charge is 0.339 e. The lowest BCUT2D eigenvalue weighted by Crippen LogP contribution is -2.10. The van der Waals surface area contributed by atoms with Gasteiger partial charge in [0, 0.05) is 11.2 Å². The third-order valence-corrected chi connectivity index (χ3v) is 3.28. The quantitative estimate of drug-likeness (QED) is 0.892. The van der Waals surface area contributed by atoms with Gasteiger partial charge in [-0.25, -0.2) is 14.8 Å².